The number of halogens is 4. The summed E-state index contributed by atoms with van der Waals surface area (Å²) >= 11 is 0. The molecule has 0 unspecified atom stereocenters. The van der Waals surface area contributed by atoms with Crippen LogP contribution in [0.4, 0.5) is 17.6 Å². The molecule has 108 valence electrons. The molecule has 0 amide bonds. The lowest BCUT2D eigenvalue weighted by molar-refractivity contribution is -0.0967. The second kappa shape index (κ2) is 8.53. The van der Waals surface area contributed by atoms with E-state index in [4.69, 9.17) is 5.84 Å². The van der Waals surface area contributed by atoms with E-state index in [1.54, 1.807) is 13.0 Å². The summed E-state index contributed by atoms with van der Waals surface area (Å²) in [6.07, 6.45) is 2.87. The van der Waals surface area contributed by atoms with Crippen LogP contribution < -0.4 is 11.3 Å². The Morgan fingerprint density at radius 2 is 1.89 bits per heavy atom. The van der Waals surface area contributed by atoms with Gasteiger partial charge in [0.15, 0.2) is 0 Å². The molecular weight excluding hydrogens is 260 g/mol. The Hall–Kier alpha value is -1.56. The maximum absolute atomic E-state index is 13.7. The van der Waals surface area contributed by atoms with E-state index < -0.39 is 17.7 Å². The van der Waals surface area contributed by atoms with Gasteiger partial charge in [0.25, 0.3) is 0 Å². The third-order valence-corrected chi connectivity index (χ3v) is 2.10. The van der Waals surface area contributed by atoms with Crippen molar-refractivity contribution in [2.45, 2.75) is 32.9 Å². The minimum absolute atomic E-state index is 0.194. The first kappa shape index (κ1) is 17.4. The smallest absolute Gasteiger partial charge is 0.320 e. The van der Waals surface area contributed by atoms with Gasteiger partial charge in [-0.05, 0) is 25.5 Å². The van der Waals surface area contributed by atoms with Crippen molar-refractivity contribution in [3.05, 3.63) is 47.5 Å². The first-order valence-corrected chi connectivity index (χ1v) is 5.81. The van der Waals surface area contributed by atoms with Crippen molar-refractivity contribution in [2.75, 3.05) is 0 Å². The molecule has 0 aromatic rings. The monoisotopic (exact) mass is 278 g/mol. The van der Waals surface area contributed by atoms with Crippen molar-refractivity contribution in [1.29, 1.82) is 0 Å². The fourth-order valence-electron chi connectivity index (χ4n) is 1.19. The normalized spacial score (nSPS) is 15.2. The second-order valence-electron chi connectivity index (χ2n) is 3.69. The molecule has 0 fully saturated rings. The van der Waals surface area contributed by atoms with E-state index in [1.807, 2.05) is 6.92 Å². The topological polar surface area (TPSA) is 38.0 Å². The Morgan fingerprint density at radius 1 is 1.26 bits per heavy atom. The van der Waals surface area contributed by atoms with Crippen LogP contribution in [0, 0.1) is 0 Å². The highest BCUT2D eigenvalue weighted by molar-refractivity contribution is 5.39. The standard InChI is InChI=1S/C13H18F4N2/c1-3-5-6-8-11(14)10(7-4-2)9-12(19-18)13(15,16)17/h4,6-9,19H,3,5,18H2,1-2H3/b7-4-,8-6+,11-10-,12-9+. The van der Waals surface area contributed by atoms with Gasteiger partial charge in [-0.2, -0.15) is 13.2 Å². The van der Waals surface area contributed by atoms with Crippen LogP contribution in [0.25, 0.3) is 0 Å². The number of unbranched alkanes of at least 4 members (excludes halogenated alkanes) is 1. The van der Waals surface area contributed by atoms with E-state index >= 15 is 0 Å². The van der Waals surface area contributed by atoms with Crippen molar-refractivity contribution in [1.82, 2.24) is 5.43 Å². The van der Waals surface area contributed by atoms with Gasteiger partial charge < -0.3 is 5.43 Å². The van der Waals surface area contributed by atoms with Crippen LogP contribution in [0.2, 0.25) is 0 Å². The van der Waals surface area contributed by atoms with Crippen molar-refractivity contribution in [2.24, 2.45) is 5.84 Å². The molecule has 0 aliphatic heterocycles. The quantitative estimate of drug-likeness (QED) is 0.333. The molecule has 0 saturated carbocycles. The van der Waals surface area contributed by atoms with Crippen molar-refractivity contribution in [3.63, 3.8) is 0 Å². The number of allylic oxidation sites excluding steroid dienone is 8. The number of hydrogen-bond donors (Lipinski definition) is 2. The van der Waals surface area contributed by atoms with E-state index in [1.165, 1.54) is 17.6 Å². The maximum Gasteiger partial charge on any atom is 0.432 e. The van der Waals surface area contributed by atoms with E-state index in [2.05, 4.69) is 0 Å². The Labute approximate surface area is 110 Å². The molecule has 0 radical (unpaired) electrons. The summed E-state index contributed by atoms with van der Waals surface area (Å²) in [7, 11) is 0. The Bertz CT molecular complexity index is 390. The predicted octanol–water partition coefficient (Wildman–Crippen LogP) is 4.05. The lowest BCUT2D eigenvalue weighted by atomic mass is 10.1. The number of hydrogen-bond acceptors (Lipinski definition) is 2. The molecule has 6 heteroatoms. The molecule has 2 nitrogen and oxygen atoms in total. The molecule has 0 aromatic carbocycles. The molecule has 0 saturated heterocycles. The zero-order chi connectivity index (χ0) is 14.9. The molecule has 0 rings (SSSR count). The highest BCUT2D eigenvalue weighted by Crippen LogP contribution is 2.25. The molecule has 19 heavy (non-hydrogen) atoms. The Morgan fingerprint density at radius 3 is 2.32 bits per heavy atom. The SMILES string of the molecule is C\C=C/C(/C=C(/NN)C(F)(F)F)=C(F)\C=C\CCC. The second-order valence-corrected chi connectivity index (χ2v) is 3.69. The summed E-state index contributed by atoms with van der Waals surface area (Å²) in [4.78, 5) is 0. The molecule has 0 spiro atoms. The summed E-state index contributed by atoms with van der Waals surface area (Å²) in [5, 5.41) is 0. The first-order valence-electron chi connectivity index (χ1n) is 5.81. The van der Waals surface area contributed by atoms with E-state index in [0.29, 0.717) is 12.5 Å². The summed E-state index contributed by atoms with van der Waals surface area (Å²) in [6, 6.07) is 0. The summed E-state index contributed by atoms with van der Waals surface area (Å²) in [5.41, 5.74) is 0.127. The number of hydrazine groups is 1. The van der Waals surface area contributed by atoms with E-state index in [0.717, 1.165) is 12.5 Å². The Balaban J connectivity index is 5.43. The van der Waals surface area contributed by atoms with E-state index in [-0.39, 0.29) is 5.57 Å². The van der Waals surface area contributed by atoms with Crippen LogP contribution in [0.3, 0.4) is 0 Å². The lowest BCUT2D eigenvalue weighted by Crippen LogP contribution is -2.31. The van der Waals surface area contributed by atoms with Crippen molar-refractivity contribution >= 4 is 0 Å². The molecule has 0 atom stereocenters. The Kier molecular flexibility index (Phi) is 7.83. The summed E-state index contributed by atoms with van der Waals surface area (Å²) < 4.78 is 51.2. The minimum atomic E-state index is -4.66. The molecule has 3 N–H and O–H groups in total. The average molecular weight is 278 g/mol. The molecule has 0 bridgehead atoms. The first-order chi connectivity index (χ1) is 8.86. The molecule has 0 aromatic heterocycles. The minimum Gasteiger partial charge on any atom is -0.320 e. The largest absolute Gasteiger partial charge is 0.432 e. The van der Waals surface area contributed by atoms with Crippen molar-refractivity contribution < 1.29 is 17.6 Å². The van der Waals surface area contributed by atoms with Gasteiger partial charge in [-0.25, -0.2) is 4.39 Å². The highest BCUT2D eigenvalue weighted by Gasteiger charge is 2.33. The predicted molar refractivity (Wildman–Crippen MR) is 68.5 cm³/mol. The number of rotatable bonds is 6. The van der Waals surface area contributed by atoms with Gasteiger partial charge in [-0.15, -0.1) is 0 Å². The third kappa shape index (κ3) is 6.81. The zero-order valence-corrected chi connectivity index (χ0v) is 10.9. The molecule has 0 aliphatic rings. The van der Waals surface area contributed by atoms with Crippen LogP contribution >= 0.6 is 0 Å². The summed E-state index contributed by atoms with van der Waals surface area (Å²) in [6.45, 7) is 3.50. The van der Waals surface area contributed by atoms with Gasteiger partial charge in [0.1, 0.15) is 11.5 Å². The maximum atomic E-state index is 13.7. The fraction of sp³-hybridized carbons (Fsp3) is 0.385. The fourth-order valence-corrected chi connectivity index (χ4v) is 1.19. The van der Waals surface area contributed by atoms with E-state index in [9.17, 15) is 17.6 Å². The number of nitrogens with two attached hydrogens (primary N) is 1. The van der Waals surface area contributed by atoms with Crippen LogP contribution in [0.1, 0.15) is 26.7 Å². The van der Waals surface area contributed by atoms with Gasteiger partial charge in [-0.3, -0.25) is 5.84 Å². The van der Waals surface area contributed by atoms with Crippen LogP contribution in [-0.2, 0) is 0 Å². The van der Waals surface area contributed by atoms with Crippen LogP contribution in [0.15, 0.2) is 47.5 Å². The average Bonchev–Trinajstić information content (AvgIpc) is 2.33. The van der Waals surface area contributed by atoms with Gasteiger partial charge >= 0.3 is 6.18 Å². The number of alkyl halides is 3. The molecule has 0 aliphatic carbocycles. The van der Waals surface area contributed by atoms with Gasteiger partial charge in [0, 0.05) is 5.57 Å². The highest BCUT2D eigenvalue weighted by atomic mass is 19.4. The van der Waals surface area contributed by atoms with Crippen molar-refractivity contribution in [3.8, 4) is 0 Å². The number of nitrogens with one attached hydrogen (secondary N) is 1. The molecular formula is C13H18F4N2. The van der Waals surface area contributed by atoms with Gasteiger partial charge in [0.05, 0.1) is 0 Å². The third-order valence-electron chi connectivity index (χ3n) is 2.10. The van der Waals surface area contributed by atoms with Crippen LogP contribution in [-0.4, -0.2) is 6.18 Å². The zero-order valence-electron chi connectivity index (χ0n) is 10.9. The van der Waals surface area contributed by atoms with Gasteiger partial charge in [-0.1, -0.05) is 31.6 Å². The molecule has 0 heterocycles. The van der Waals surface area contributed by atoms with Gasteiger partial charge in [0.2, 0.25) is 0 Å². The lowest BCUT2D eigenvalue weighted by Gasteiger charge is -2.10. The summed E-state index contributed by atoms with van der Waals surface area (Å²) in [5.74, 6) is 4.05. The van der Waals surface area contributed by atoms with Crippen LogP contribution in [0.5, 0.6) is 0 Å².